The molecule has 0 bridgehead atoms. The van der Waals surface area contributed by atoms with Gasteiger partial charge in [-0.3, -0.25) is 9.78 Å². The average molecular weight is 451 g/mol. The second kappa shape index (κ2) is 8.48. The van der Waals surface area contributed by atoms with Crippen LogP contribution < -0.4 is 0 Å². The first-order valence-electron chi connectivity index (χ1n) is 11.9. The third-order valence-corrected chi connectivity index (χ3v) is 6.77. The SMILES string of the molecule is CCN(Cc1ccncc1)C(=O)c1cnn(-c2ncc3c(n2)-c2ccccc2CC3)c1C1CC1. The van der Waals surface area contributed by atoms with Crippen LogP contribution in [-0.4, -0.2) is 42.1 Å². The van der Waals surface area contributed by atoms with Crippen molar-refractivity contribution in [3.63, 3.8) is 0 Å². The Hall–Kier alpha value is -3.87. The highest BCUT2D eigenvalue weighted by molar-refractivity contribution is 5.95. The number of rotatable bonds is 6. The molecular formula is C27H26N6O. The molecular weight excluding hydrogens is 424 g/mol. The number of fused-ring (bicyclic) bond motifs is 3. The molecule has 7 nitrogen and oxygen atoms in total. The normalized spacial score (nSPS) is 14.4. The lowest BCUT2D eigenvalue weighted by Crippen LogP contribution is -2.31. The molecule has 0 atom stereocenters. The molecule has 7 heteroatoms. The van der Waals surface area contributed by atoms with Gasteiger partial charge in [-0.05, 0) is 61.4 Å². The molecule has 170 valence electrons. The van der Waals surface area contributed by atoms with Crippen LogP contribution in [0.5, 0.6) is 0 Å². The standard InChI is InChI=1S/C27H26N6O/c1-2-32(17-18-11-13-28-14-12-18)26(34)23-16-30-33(25(23)20-8-9-20)27-29-15-21-10-7-19-5-3-4-6-22(19)24(21)31-27/h3-6,11-16,20H,2,7-10,17H2,1H3. The van der Waals surface area contributed by atoms with Gasteiger partial charge >= 0.3 is 0 Å². The minimum absolute atomic E-state index is 0.00392. The van der Waals surface area contributed by atoms with Crippen molar-refractivity contribution < 1.29 is 4.79 Å². The van der Waals surface area contributed by atoms with Crippen LogP contribution >= 0.6 is 0 Å². The summed E-state index contributed by atoms with van der Waals surface area (Å²) in [4.78, 5) is 29.1. The number of hydrogen-bond acceptors (Lipinski definition) is 5. The van der Waals surface area contributed by atoms with Crippen molar-refractivity contribution in [2.24, 2.45) is 0 Å². The maximum atomic E-state index is 13.6. The first kappa shape index (κ1) is 20.7. The topological polar surface area (TPSA) is 76.8 Å². The fourth-order valence-electron chi connectivity index (χ4n) is 4.79. The number of carbonyl (C=O) groups is 1. The molecule has 0 spiro atoms. The number of carbonyl (C=O) groups excluding carboxylic acids is 1. The Kier molecular flexibility index (Phi) is 5.17. The predicted molar refractivity (Wildman–Crippen MR) is 129 cm³/mol. The molecule has 6 rings (SSSR count). The molecule has 2 aliphatic carbocycles. The van der Waals surface area contributed by atoms with E-state index in [2.05, 4.69) is 39.3 Å². The highest BCUT2D eigenvalue weighted by Crippen LogP contribution is 2.43. The summed E-state index contributed by atoms with van der Waals surface area (Å²) in [5.74, 6) is 0.845. The molecule has 1 aromatic carbocycles. The van der Waals surface area contributed by atoms with E-state index in [1.165, 1.54) is 11.1 Å². The first-order valence-corrected chi connectivity index (χ1v) is 11.9. The minimum Gasteiger partial charge on any atom is -0.334 e. The van der Waals surface area contributed by atoms with Crippen LogP contribution in [-0.2, 0) is 19.4 Å². The molecule has 34 heavy (non-hydrogen) atoms. The molecule has 1 fully saturated rings. The number of pyridine rings is 1. The molecule has 0 N–H and O–H groups in total. The van der Waals surface area contributed by atoms with E-state index in [0.29, 0.717) is 30.5 Å². The number of aromatic nitrogens is 5. The summed E-state index contributed by atoms with van der Waals surface area (Å²) >= 11 is 0. The Morgan fingerprint density at radius 3 is 2.65 bits per heavy atom. The molecule has 0 aliphatic heterocycles. The largest absolute Gasteiger partial charge is 0.334 e. The lowest BCUT2D eigenvalue weighted by molar-refractivity contribution is 0.0751. The minimum atomic E-state index is -0.00392. The zero-order valence-corrected chi connectivity index (χ0v) is 19.2. The van der Waals surface area contributed by atoms with Gasteiger partial charge < -0.3 is 4.90 Å². The first-order chi connectivity index (χ1) is 16.7. The van der Waals surface area contributed by atoms with Crippen molar-refractivity contribution in [2.45, 2.75) is 45.1 Å². The molecule has 0 saturated heterocycles. The van der Waals surface area contributed by atoms with Crippen LogP contribution in [0, 0.1) is 0 Å². The zero-order valence-electron chi connectivity index (χ0n) is 19.2. The van der Waals surface area contributed by atoms with Crippen molar-refractivity contribution in [2.75, 3.05) is 6.54 Å². The zero-order chi connectivity index (χ0) is 23.1. The summed E-state index contributed by atoms with van der Waals surface area (Å²) < 4.78 is 1.79. The van der Waals surface area contributed by atoms with Gasteiger partial charge in [0.1, 0.15) is 0 Å². The molecule has 0 unspecified atom stereocenters. The monoisotopic (exact) mass is 450 g/mol. The molecule has 1 amide bonds. The summed E-state index contributed by atoms with van der Waals surface area (Å²) in [5, 5.41) is 4.63. The summed E-state index contributed by atoms with van der Waals surface area (Å²) in [7, 11) is 0. The van der Waals surface area contributed by atoms with Crippen molar-refractivity contribution in [3.05, 3.63) is 89.1 Å². The van der Waals surface area contributed by atoms with Crippen molar-refractivity contribution >= 4 is 5.91 Å². The van der Waals surface area contributed by atoms with E-state index in [9.17, 15) is 4.79 Å². The van der Waals surface area contributed by atoms with Crippen molar-refractivity contribution in [1.29, 1.82) is 0 Å². The van der Waals surface area contributed by atoms with Gasteiger partial charge in [-0.1, -0.05) is 24.3 Å². The van der Waals surface area contributed by atoms with Gasteiger partial charge in [0.15, 0.2) is 0 Å². The third-order valence-electron chi connectivity index (χ3n) is 6.77. The van der Waals surface area contributed by atoms with Gasteiger partial charge in [-0.2, -0.15) is 5.10 Å². The Balaban J connectivity index is 1.38. The lowest BCUT2D eigenvalue weighted by atomic mass is 9.90. The second-order valence-electron chi connectivity index (χ2n) is 9.01. The van der Waals surface area contributed by atoms with E-state index in [1.807, 2.05) is 30.2 Å². The van der Waals surface area contributed by atoms with E-state index in [1.54, 1.807) is 23.3 Å². The molecule has 4 aromatic rings. The number of aryl methyl sites for hydroxylation is 2. The predicted octanol–water partition coefficient (Wildman–Crippen LogP) is 4.36. The van der Waals surface area contributed by atoms with E-state index in [0.717, 1.165) is 48.2 Å². The number of benzene rings is 1. The molecule has 2 aliphatic rings. The smallest absolute Gasteiger partial charge is 0.257 e. The fourth-order valence-corrected chi connectivity index (χ4v) is 4.79. The maximum Gasteiger partial charge on any atom is 0.257 e. The van der Waals surface area contributed by atoms with Gasteiger partial charge in [0.05, 0.1) is 23.1 Å². The summed E-state index contributed by atoms with van der Waals surface area (Å²) in [5.41, 5.74) is 7.26. The molecule has 0 radical (unpaired) electrons. The summed E-state index contributed by atoms with van der Waals surface area (Å²) in [6.07, 6.45) is 11.2. The maximum absolute atomic E-state index is 13.6. The fraction of sp³-hybridized carbons (Fsp3) is 0.296. The van der Waals surface area contributed by atoms with E-state index in [4.69, 9.17) is 4.98 Å². The van der Waals surface area contributed by atoms with Gasteiger partial charge in [-0.15, -0.1) is 0 Å². The van der Waals surface area contributed by atoms with Gasteiger partial charge in [-0.25, -0.2) is 14.6 Å². The highest BCUT2D eigenvalue weighted by Gasteiger charge is 2.35. The molecule has 3 heterocycles. The quantitative estimate of drug-likeness (QED) is 0.436. The van der Waals surface area contributed by atoms with Crippen LogP contribution in [0.25, 0.3) is 17.2 Å². The van der Waals surface area contributed by atoms with Crippen molar-refractivity contribution in [1.82, 2.24) is 29.6 Å². The Bertz CT molecular complexity index is 1360. The summed E-state index contributed by atoms with van der Waals surface area (Å²) in [6, 6.07) is 12.3. The Morgan fingerprint density at radius 1 is 1.06 bits per heavy atom. The summed E-state index contributed by atoms with van der Waals surface area (Å²) in [6.45, 7) is 3.16. The lowest BCUT2D eigenvalue weighted by Gasteiger charge is -2.21. The van der Waals surface area contributed by atoms with Crippen LogP contribution in [0.4, 0.5) is 0 Å². The Morgan fingerprint density at radius 2 is 1.85 bits per heavy atom. The molecule has 1 saturated carbocycles. The molecule has 3 aromatic heterocycles. The average Bonchev–Trinajstić information content (AvgIpc) is 3.64. The van der Waals surface area contributed by atoms with Crippen LogP contribution in [0.2, 0.25) is 0 Å². The number of nitrogens with zero attached hydrogens (tertiary/aromatic N) is 6. The van der Waals surface area contributed by atoms with Crippen LogP contribution in [0.15, 0.2) is 61.2 Å². The second-order valence-corrected chi connectivity index (χ2v) is 9.01. The number of hydrogen-bond donors (Lipinski definition) is 0. The van der Waals surface area contributed by atoms with Gasteiger partial charge in [0.25, 0.3) is 11.9 Å². The van der Waals surface area contributed by atoms with E-state index in [-0.39, 0.29) is 5.91 Å². The number of amides is 1. The van der Waals surface area contributed by atoms with Crippen LogP contribution in [0.1, 0.15) is 58.4 Å². The van der Waals surface area contributed by atoms with Gasteiger partial charge in [0.2, 0.25) is 0 Å². The van der Waals surface area contributed by atoms with E-state index < -0.39 is 0 Å². The van der Waals surface area contributed by atoms with E-state index >= 15 is 0 Å². The van der Waals surface area contributed by atoms with Gasteiger partial charge in [0, 0.05) is 43.2 Å². The third kappa shape index (κ3) is 3.67. The van der Waals surface area contributed by atoms with Crippen LogP contribution in [0.3, 0.4) is 0 Å². The highest BCUT2D eigenvalue weighted by atomic mass is 16.2. The Labute approximate surface area is 198 Å². The van der Waals surface area contributed by atoms with Crippen molar-refractivity contribution in [3.8, 4) is 17.2 Å².